The van der Waals surface area contributed by atoms with E-state index in [1.165, 1.54) is 18.3 Å². The van der Waals surface area contributed by atoms with Crippen molar-refractivity contribution in [3.8, 4) is 0 Å². The number of sulfonamides is 1. The molecule has 0 saturated carbocycles. The quantitative estimate of drug-likeness (QED) is 0.767. The highest BCUT2D eigenvalue weighted by atomic mass is 32.2. The maximum Gasteiger partial charge on any atom is 0.295 e. The molecule has 2 aromatic heterocycles. The minimum atomic E-state index is -3.82. The Labute approximate surface area is 116 Å². The van der Waals surface area contributed by atoms with Gasteiger partial charge in [-0.1, -0.05) is 0 Å². The zero-order valence-electron chi connectivity index (χ0n) is 10.8. The van der Waals surface area contributed by atoms with Crippen molar-refractivity contribution in [2.45, 2.75) is 18.2 Å². The molecule has 0 amide bonds. The van der Waals surface area contributed by atoms with Crippen LogP contribution in [0, 0.1) is 0 Å². The molecule has 0 unspecified atom stereocenters. The largest absolute Gasteiger partial charge is 0.445 e. The van der Waals surface area contributed by atoms with Crippen LogP contribution in [0.2, 0.25) is 0 Å². The van der Waals surface area contributed by atoms with Crippen LogP contribution >= 0.6 is 0 Å². The molecule has 2 rings (SSSR count). The van der Waals surface area contributed by atoms with E-state index >= 15 is 0 Å². The monoisotopic (exact) mass is 301 g/mol. The molecule has 0 fully saturated rings. The molecule has 0 bridgehead atoms. The summed E-state index contributed by atoms with van der Waals surface area (Å²) in [5.74, 6) is 0.182. The summed E-state index contributed by atoms with van der Waals surface area (Å²) < 4.78 is 37.8. The summed E-state index contributed by atoms with van der Waals surface area (Å²) in [6.07, 6.45) is 2.94. The molecule has 0 atom stereocenters. The van der Waals surface area contributed by atoms with Gasteiger partial charge in [-0.3, -0.25) is 9.40 Å². The number of aromatic nitrogens is 2. The summed E-state index contributed by atoms with van der Waals surface area (Å²) in [5, 5.41) is 12.6. The van der Waals surface area contributed by atoms with Crippen LogP contribution in [0.4, 0.5) is 5.69 Å². The van der Waals surface area contributed by atoms with E-state index in [2.05, 4.69) is 9.82 Å². The van der Waals surface area contributed by atoms with E-state index in [0.717, 1.165) is 0 Å². The first-order valence-electron chi connectivity index (χ1n) is 5.79. The van der Waals surface area contributed by atoms with E-state index in [4.69, 9.17) is 14.3 Å². The zero-order valence-corrected chi connectivity index (χ0v) is 11.6. The van der Waals surface area contributed by atoms with E-state index in [9.17, 15) is 8.42 Å². The molecule has 2 heterocycles. The number of hydrogen-bond donors (Lipinski definition) is 2. The molecule has 20 heavy (non-hydrogen) atoms. The van der Waals surface area contributed by atoms with Gasteiger partial charge >= 0.3 is 0 Å². The van der Waals surface area contributed by atoms with Gasteiger partial charge in [0.05, 0.1) is 25.0 Å². The lowest BCUT2D eigenvalue weighted by atomic mass is 10.5. The summed E-state index contributed by atoms with van der Waals surface area (Å²) in [6.45, 7) is 0.643. The maximum absolute atomic E-state index is 12.0. The van der Waals surface area contributed by atoms with Crippen LogP contribution in [-0.4, -0.2) is 37.0 Å². The Kier molecular flexibility index (Phi) is 4.42. The standard InChI is InChI=1S/C11H15N3O5S/c1-18-5-4-14-7-9(6-12-14)13-20(16,17)11-3-2-10(8-15)19-11/h2-3,6-7,13,15H,4-5,8H2,1H3. The van der Waals surface area contributed by atoms with Crippen molar-refractivity contribution in [1.82, 2.24) is 9.78 Å². The molecule has 9 heteroatoms. The van der Waals surface area contributed by atoms with Crippen molar-refractivity contribution in [1.29, 1.82) is 0 Å². The smallest absolute Gasteiger partial charge is 0.295 e. The van der Waals surface area contributed by atoms with Gasteiger partial charge in [0.2, 0.25) is 5.09 Å². The Bertz CT molecular complexity index is 661. The lowest BCUT2D eigenvalue weighted by Crippen LogP contribution is -2.11. The van der Waals surface area contributed by atoms with Crippen molar-refractivity contribution in [3.63, 3.8) is 0 Å². The molecule has 0 aliphatic heterocycles. The average molecular weight is 301 g/mol. The van der Waals surface area contributed by atoms with Crippen molar-refractivity contribution >= 4 is 15.7 Å². The number of anilines is 1. The molecule has 0 aromatic carbocycles. The van der Waals surface area contributed by atoms with Crippen LogP contribution in [0.5, 0.6) is 0 Å². The molecule has 110 valence electrons. The first kappa shape index (κ1) is 14.6. The summed E-state index contributed by atoms with van der Waals surface area (Å²) in [6, 6.07) is 2.68. The Hall–Kier alpha value is -1.84. The maximum atomic E-state index is 12.0. The molecule has 8 nitrogen and oxygen atoms in total. The number of methoxy groups -OCH3 is 1. The Morgan fingerprint density at radius 2 is 2.30 bits per heavy atom. The van der Waals surface area contributed by atoms with Crippen LogP contribution in [0.15, 0.2) is 34.0 Å². The fraction of sp³-hybridized carbons (Fsp3) is 0.364. The Morgan fingerprint density at radius 1 is 1.50 bits per heavy atom. The summed E-state index contributed by atoms with van der Waals surface area (Å²) >= 11 is 0. The zero-order chi connectivity index (χ0) is 14.6. The molecule has 2 aromatic rings. The number of ether oxygens (including phenoxy) is 1. The summed E-state index contributed by atoms with van der Waals surface area (Å²) in [5.41, 5.74) is 0.322. The van der Waals surface area contributed by atoms with Gasteiger partial charge in [-0.25, -0.2) is 0 Å². The fourth-order valence-corrected chi connectivity index (χ4v) is 2.50. The van der Waals surface area contributed by atoms with Crippen LogP contribution in [0.3, 0.4) is 0 Å². The van der Waals surface area contributed by atoms with Gasteiger partial charge in [-0.15, -0.1) is 0 Å². The van der Waals surface area contributed by atoms with Crippen molar-refractivity contribution < 1.29 is 22.7 Å². The number of nitrogens with one attached hydrogen (secondary N) is 1. The van der Waals surface area contributed by atoms with Crippen molar-refractivity contribution in [2.24, 2.45) is 0 Å². The third-order valence-electron chi connectivity index (χ3n) is 2.47. The second-order valence-electron chi connectivity index (χ2n) is 3.97. The average Bonchev–Trinajstić information content (AvgIpc) is 3.04. The molecular weight excluding hydrogens is 286 g/mol. The Morgan fingerprint density at radius 3 is 2.95 bits per heavy atom. The van der Waals surface area contributed by atoms with Gasteiger partial charge in [-0.05, 0) is 12.1 Å². The fourth-order valence-electron chi connectivity index (χ4n) is 1.52. The molecule has 2 N–H and O–H groups in total. The van der Waals surface area contributed by atoms with Gasteiger partial charge in [-0.2, -0.15) is 13.5 Å². The number of aliphatic hydroxyl groups excluding tert-OH is 1. The minimum Gasteiger partial charge on any atom is -0.445 e. The normalized spacial score (nSPS) is 11.7. The van der Waals surface area contributed by atoms with Crippen LogP contribution in [0.25, 0.3) is 0 Å². The lowest BCUT2D eigenvalue weighted by Gasteiger charge is -2.02. The number of furan rings is 1. The van der Waals surface area contributed by atoms with E-state index in [1.54, 1.807) is 18.0 Å². The van der Waals surface area contributed by atoms with Gasteiger partial charge in [0.15, 0.2) is 0 Å². The first-order chi connectivity index (χ1) is 9.55. The van der Waals surface area contributed by atoms with E-state index in [1.807, 2.05) is 0 Å². The number of hydrogen-bond acceptors (Lipinski definition) is 6. The third-order valence-corrected chi connectivity index (χ3v) is 3.72. The SMILES string of the molecule is COCCn1cc(NS(=O)(=O)c2ccc(CO)o2)cn1. The number of nitrogens with zero attached hydrogens (tertiary/aromatic N) is 2. The van der Waals surface area contributed by atoms with Crippen LogP contribution in [0.1, 0.15) is 5.76 Å². The van der Waals surface area contributed by atoms with Gasteiger partial charge < -0.3 is 14.3 Å². The summed E-state index contributed by atoms with van der Waals surface area (Å²) in [7, 11) is -2.25. The highest BCUT2D eigenvalue weighted by molar-refractivity contribution is 7.92. The topological polar surface area (TPSA) is 107 Å². The highest BCUT2D eigenvalue weighted by Crippen LogP contribution is 2.18. The van der Waals surface area contributed by atoms with Gasteiger partial charge in [0, 0.05) is 13.3 Å². The molecule has 0 aliphatic carbocycles. The van der Waals surface area contributed by atoms with Crippen molar-refractivity contribution in [2.75, 3.05) is 18.4 Å². The molecule has 0 aliphatic rings. The number of aliphatic hydroxyl groups is 1. The van der Waals surface area contributed by atoms with Gasteiger partial charge in [0.25, 0.3) is 10.0 Å². The molecule has 0 saturated heterocycles. The predicted octanol–water partition coefficient (Wildman–Crippen LogP) is 0.416. The second-order valence-corrected chi connectivity index (χ2v) is 5.58. The van der Waals surface area contributed by atoms with E-state index in [0.29, 0.717) is 18.8 Å². The molecule has 0 spiro atoms. The molecule has 0 radical (unpaired) electrons. The second kappa shape index (κ2) is 6.07. The molecular formula is C11H15N3O5S. The van der Waals surface area contributed by atoms with E-state index in [-0.39, 0.29) is 17.5 Å². The highest BCUT2D eigenvalue weighted by Gasteiger charge is 2.19. The predicted molar refractivity (Wildman–Crippen MR) is 69.5 cm³/mol. The minimum absolute atomic E-state index is 0.182. The lowest BCUT2D eigenvalue weighted by molar-refractivity contribution is 0.183. The van der Waals surface area contributed by atoms with Crippen LogP contribution in [-0.2, 0) is 27.9 Å². The Balaban J connectivity index is 2.09. The number of rotatable bonds is 7. The third kappa shape index (κ3) is 3.38. The van der Waals surface area contributed by atoms with Crippen molar-refractivity contribution in [3.05, 3.63) is 30.3 Å². The van der Waals surface area contributed by atoms with Crippen LogP contribution < -0.4 is 4.72 Å². The first-order valence-corrected chi connectivity index (χ1v) is 7.27. The summed E-state index contributed by atoms with van der Waals surface area (Å²) in [4.78, 5) is 0. The van der Waals surface area contributed by atoms with Gasteiger partial charge in [0.1, 0.15) is 12.4 Å². The van der Waals surface area contributed by atoms with E-state index < -0.39 is 10.0 Å².